The highest BCUT2D eigenvalue weighted by atomic mass is 15.3. The number of anilines is 1. The molecule has 24 heavy (non-hydrogen) atoms. The van der Waals surface area contributed by atoms with Crippen LogP contribution in [0.1, 0.15) is 19.7 Å². The van der Waals surface area contributed by atoms with Crippen molar-refractivity contribution in [1.29, 1.82) is 0 Å². The van der Waals surface area contributed by atoms with Crippen molar-refractivity contribution in [3.05, 3.63) is 36.8 Å². The molecule has 0 aromatic carbocycles. The van der Waals surface area contributed by atoms with Crippen LogP contribution in [0.2, 0.25) is 0 Å². The molecule has 3 aromatic heterocycles. The Balaban J connectivity index is 1.49. The van der Waals surface area contributed by atoms with Crippen LogP contribution in [0.5, 0.6) is 0 Å². The molecule has 1 aliphatic rings. The van der Waals surface area contributed by atoms with Crippen LogP contribution in [0.4, 0.5) is 5.82 Å². The smallest absolute Gasteiger partial charge is 0.142 e. The molecule has 126 valence electrons. The standard InChI is InChI=1S/C17H23N7/c1-3-22-7-6-18-15(22)11-23-8-9-24(10-13(23)2)17-14-4-5-19-16(14)20-12-21-17/h4-7,12-13H,3,8-11H2,1-2H3,(H,19,20,21). The van der Waals surface area contributed by atoms with Crippen molar-refractivity contribution >= 4 is 16.9 Å². The van der Waals surface area contributed by atoms with Crippen LogP contribution >= 0.6 is 0 Å². The van der Waals surface area contributed by atoms with E-state index < -0.39 is 0 Å². The number of nitrogens with zero attached hydrogens (tertiary/aromatic N) is 6. The van der Waals surface area contributed by atoms with Crippen molar-refractivity contribution in [3.8, 4) is 0 Å². The highest BCUT2D eigenvalue weighted by molar-refractivity contribution is 5.87. The number of imidazole rings is 1. The summed E-state index contributed by atoms with van der Waals surface area (Å²) in [6.45, 7) is 9.24. The van der Waals surface area contributed by atoms with Crippen molar-refractivity contribution in [2.75, 3.05) is 24.5 Å². The van der Waals surface area contributed by atoms with Gasteiger partial charge >= 0.3 is 0 Å². The normalized spacial score (nSPS) is 19.2. The zero-order valence-electron chi connectivity index (χ0n) is 14.2. The van der Waals surface area contributed by atoms with Gasteiger partial charge in [0.1, 0.15) is 23.6 Å². The number of fused-ring (bicyclic) bond motifs is 1. The maximum absolute atomic E-state index is 4.53. The van der Waals surface area contributed by atoms with Gasteiger partial charge in [-0.2, -0.15) is 0 Å². The number of aromatic amines is 1. The van der Waals surface area contributed by atoms with E-state index in [1.165, 1.54) is 0 Å². The van der Waals surface area contributed by atoms with Gasteiger partial charge in [-0.25, -0.2) is 15.0 Å². The molecule has 1 aliphatic heterocycles. The molecule has 7 heteroatoms. The van der Waals surface area contributed by atoms with Crippen LogP contribution in [0.3, 0.4) is 0 Å². The summed E-state index contributed by atoms with van der Waals surface area (Å²) < 4.78 is 2.22. The number of H-pyrrole nitrogens is 1. The third-order valence-corrected chi connectivity index (χ3v) is 4.88. The van der Waals surface area contributed by atoms with Crippen LogP contribution in [-0.2, 0) is 13.1 Å². The molecule has 1 N–H and O–H groups in total. The molecule has 0 amide bonds. The van der Waals surface area contributed by atoms with E-state index in [1.807, 2.05) is 12.4 Å². The van der Waals surface area contributed by atoms with E-state index in [2.05, 4.69) is 60.4 Å². The Labute approximate surface area is 141 Å². The number of rotatable bonds is 4. The third kappa shape index (κ3) is 2.65. The quantitative estimate of drug-likeness (QED) is 0.793. The van der Waals surface area contributed by atoms with E-state index >= 15 is 0 Å². The average molecular weight is 325 g/mol. The van der Waals surface area contributed by atoms with E-state index in [0.717, 1.165) is 55.4 Å². The van der Waals surface area contributed by atoms with E-state index in [-0.39, 0.29) is 0 Å². The fourth-order valence-electron chi connectivity index (χ4n) is 3.49. The fraction of sp³-hybridized carbons (Fsp3) is 0.471. The van der Waals surface area contributed by atoms with E-state index in [1.54, 1.807) is 6.33 Å². The topological polar surface area (TPSA) is 65.9 Å². The first-order valence-electron chi connectivity index (χ1n) is 8.53. The molecule has 1 atom stereocenters. The SMILES string of the molecule is CCn1ccnc1CN1CCN(c2ncnc3[nH]ccc23)CC1C. The summed E-state index contributed by atoms with van der Waals surface area (Å²) in [5.41, 5.74) is 0.903. The molecule has 1 fully saturated rings. The van der Waals surface area contributed by atoms with Gasteiger partial charge in [0.2, 0.25) is 0 Å². The summed E-state index contributed by atoms with van der Waals surface area (Å²) in [5, 5.41) is 1.10. The van der Waals surface area contributed by atoms with Crippen molar-refractivity contribution in [2.45, 2.75) is 33.0 Å². The summed E-state index contributed by atoms with van der Waals surface area (Å²) in [6.07, 6.45) is 7.51. The number of hydrogen-bond donors (Lipinski definition) is 1. The molecule has 7 nitrogen and oxygen atoms in total. The maximum Gasteiger partial charge on any atom is 0.142 e. The summed E-state index contributed by atoms with van der Waals surface area (Å²) in [6, 6.07) is 2.50. The summed E-state index contributed by atoms with van der Waals surface area (Å²) in [4.78, 5) is 21.3. The average Bonchev–Trinajstić information content (AvgIpc) is 3.24. The Bertz CT molecular complexity index is 821. The Morgan fingerprint density at radius 3 is 3.00 bits per heavy atom. The number of nitrogens with one attached hydrogen (secondary N) is 1. The zero-order chi connectivity index (χ0) is 16.5. The van der Waals surface area contributed by atoms with Gasteiger partial charge in [0.05, 0.1) is 11.9 Å². The second-order valence-electron chi connectivity index (χ2n) is 6.33. The Morgan fingerprint density at radius 1 is 1.25 bits per heavy atom. The van der Waals surface area contributed by atoms with Gasteiger partial charge in [-0.15, -0.1) is 0 Å². The first kappa shape index (κ1) is 15.1. The van der Waals surface area contributed by atoms with Gasteiger partial charge in [0, 0.05) is 50.8 Å². The maximum atomic E-state index is 4.53. The summed E-state index contributed by atoms with van der Waals surface area (Å²) in [5.74, 6) is 2.18. The lowest BCUT2D eigenvalue weighted by atomic mass is 10.1. The molecule has 0 aliphatic carbocycles. The van der Waals surface area contributed by atoms with Gasteiger partial charge in [-0.1, -0.05) is 0 Å². The van der Waals surface area contributed by atoms with Crippen LogP contribution < -0.4 is 4.90 Å². The molecule has 0 saturated carbocycles. The van der Waals surface area contributed by atoms with Gasteiger partial charge in [-0.3, -0.25) is 4.90 Å². The van der Waals surface area contributed by atoms with Crippen molar-refractivity contribution < 1.29 is 0 Å². The largest absolute Gasteiger partial charge is 0.353 e. The molecule has 4 heterocycles. The van der Waals surface area contributed by atoms with Gasteiger partial charge in [0.15, 0.2) is 0 Å². The van der Waals surface area contributed by atoms with E-state index in [9.17, 15) is 0 Å². The highest BCUT2D eigenvalue weighted by Crippen LogP contribution is 2.25. The van der Waals surface area contributed by atoms with Crippen LogP contribution in [-0.4, -0.2) is 55.1 Å². The Kier molecular flexibility index (Phi) is 3.93. The predicted molar refractivity (Wildman–Crippen MR) is 93.9 cm³/mol. The molecule has 1 unspecified atom stereocenters. The molecular weight excluding hydrogens is 302 g/mol. The van der Waals surface area contributed by atoms with Gasteiger partial charge in [0.25, 0.3) is 0 Å². The predicted octanol–water partition coefficient (Wildman–Crippen LogP) is 1.88. The second kappa shape index (κ2) is 6.24. The Hall–Kier alpha value is -2.41. The minimum Gasteiger partial charge on any atom is -0.353 e. The molecule has 3 aromatic rings. The minimum absolute atomic E-state index is 0.449. The fourth-order valence-corrected chi connectivity index (χ4v) is 3.49. The molecule has 0 bridgehead atoms. The minimum atomic E-state index is 0.449. The lowest BCUT2D eigenvalue weighted by Gasteiger charge is -2.40. The van der Waals surface area contributed by atoms with Crippen LogP contribution in [0.15, 0.2) is 31.0 Å². The van der Waals surface area contributed by atoms with Crippen molar-refractivity contribution in [2.24, 2.45) is 0 Å². The monoisotopic (exact) mass is 325 g/mol. The molecule has 0 radical (unpaired) electrons. The van der Waals surface area contributed by atoms with E-state index in [0.29, 0.717) is 6.04 Å². The molecule has 4 rings (SSSR count). The van der Waals surface area contributed by atoms with Crippen molar-refractivity contribution in [3.63, 3.8) is 0 Å². The van der Waals surface area contributed by atoms with Crippen LogP contribution in [0, 0.1) is 0 Å². The molecule has 0 spiro atoms. The molecular formula is C17H23N7. The number of piperazine rings is 1. The number of aryl methyl sites for hydroxylation is 1. The lowest BCUT2D eigenvalue weighted by Crippen LogP contribution is -2.52. The van der Waals surface area contributed by atoms with E-state index in [4.69, 9.17) is 0 Å². The number of aromatic nitrogens is 5. The second-order valence-corrected chi connectivity index (χ2v) is 6.33. The lowest BCUT2D eigenvalue weighted by molar-refractivity contribution is 0.174. The van der Waals surface area contributed by atoms with Gasteiger partial charge < -0.3 is 14.5 Å². The zero-order valence-corrected chi connectivity index (χ0v) is 14.2. The summed E-state index contributed by atoms with van der Waals surface area (Å²) >= 11 is 0. The highest BCUT2D eigenvalue weighted by Gasteiger charge is 2.26. The third-order valence-electron chi connectivity index (χ3n) is 4.88. The number of hydrogen-bond acceptors (Lipinski definition) is 5. The Morgan fingerprint density at radius 2 is 2.17 bits per heavy atom. The molecule has 1 saturated heterocycles. The first-order valence-corrected chi connectivity index (χ1v) is 8.53. The van der Waals surface area contributed by atoms with Crippen molar-refractivity contribution in [1.82, 2.24) is 29.4 Å². The van der Waals surface area contributed by atoms with Crippen LogP contribution in [0.25, 0.3) is 11.0 Å². The van der Waals surface area contributed by atoms with Gasteiger partial charge in [-0.05, 0) is 19.9 Å². The summed E-state index contributed by atoms with van der Waals surface area (Å²) in [7, 11) is 0. The first-order chi connectivity index (χ1) is 11.8.